The molecule has 4 nitrogen and oxygen atoms in total. The predicted octanol–water partition coefficient (Wildman–Crippen LogP) is 3.04. The van der Waals surface area contributed by atoms with Crippen molar-refractivity contribution in [2.45, 2.75) is 26.2 Å². The number of piperazine rings is 1. The Morgan fingerprint density at radius 3 is 2.36 bits per heavy atom. The first-order chi connectivity index (χ1) is 10.6. The number of rotatable bonds is 6. The van der Waals surface area contributed by atoms with E-state index in [2.05, 4.69) is 46.1 Å². The van der Waals surface area contributed by atoms with Crippen LogP contribution in [0.25, 0.3) is 0 Å². The maximum Gasteiger partial charge on any atom is 0.140 e. The van der Waals surface area contributed by atoms with Crippen molar-refractivity contribution >= 4 is 15.9 Å². The van der Waals surface area contributed by atoms with Crippen LogP contribution in [-0.2, 0) is 6.42 Å². The molecule has 1 aliphatic heterocycles. The summed E-state index contributed by atoms with van der Waals surface area (Å²) in [5, 5.41) is 3.39. The highest BCUT2D eigenvalue weighted by Crippen LogP contribution is 2.42. The van der Waals surface area contributed by atoms with E-state index in [1.807, 2.05) is 0 Å². The lowest BCUT2D eigenvalue weighted by Crippen LogP contribution is -2.44. The second-order valence-electron chi connectivity index (χ2n) is 6.00. The summed E-state index contributed by atoms with van der Waals surface area (Å²) in [5.41, 5.74) is 2.47. The maximum atomic E-state index is 5.64. The fraction of sp³-hybridized carbons (Fsp3) is 0.647. The fourth-order valence-corrected chi connectivity index (χ4v) is 3.75. The fourth-order valence-electron chi connectivity index (χ4n) is 2.95. The van der Waals surface area contributed by atoms with E-state index in [1.54, 1.807) is 14.2 Å². The van der Waals surface area contributed by atoms with Gasteiger partial charge in [-0.2, -0.15) is 0 Å². The molecule has 0 radical (unpaired) electrons. The van der Waals surface area contributed by atoms with E-state index in [-0.39, 0.29) is 0 Å². The predicted molar refractivity (Wildman–Crippen MR) is 94.3 cm³/mol. The number of benzene rings is 1. The molecule has 1 N–H and O–H groups in total. The van der Waals surface area contributed by atoms with E-state index in [9.17, 15) is 0 Å². The number of hydrogen-bond donors (Lipinski definition) is 1. The van der Waals surface area contributed by atoms with Gasteiger partial charge in [-0.15, -0.1) is 0 Å². The first-order valence-electron chi connectivity index (χ1n) is 7.94. The number of methoxy groups -OCH3 is 2. The van der Waals surface area contributed by atoms with Crippen LogP contribution in [0.2, 0.25) is 0 Å². The van der Waals surface area contributed by atoms with Gasteiger partial charge in [-0.3, -0.25) is 0 Å². The lowest BCUT2D eigenvalue weighted by Gasteiger charge is -2.27. The molecule has 1 fully saturated rings. The monoisotopic (exact) mass is 370 g/mol. The zero-order valence-corrected chi connectivity index (χ0v) is 15.6. The minimum absolute atomic E-state index is 0.412. The molecule has 0 bridgehead atoms. The van der Waals surface area contributed by atoms with Gasteiger partial charge in [-0.25, -0.2) is 0 Å². The Bertz CT molecular complexity index is 500. The van der Waals surface area contributed by atoms with E-state index in [0.717, 1.165) is 55.1 Å². The Morgan fingerprint density at radius 1 is 1.18 bits per heavy atom. The van der Waals surface area contributed by atoms with Gasteiger partial charge in [0.05, 0.1) is 14.2 Å². The number of halogens is 1. The van der Waals surface area contributed by atoms with Gasteiger partial charge in [0.25, 0.3) is 0 Å². The molecule has 22 heavy (non-hydrogen) atoms. The number of nitrogens with zero attached hydrogens (tertiary/aromatic N) is 1. The normalized spacial score (nSPS) is 16.1. The molecule has 0 aromatic heterocycles. The zero-order valence-electron chi connectivity index (χ0n) is 14.0. The molecule has 1 aromatic carbocycles. The molecule has 1 heterocycles. The molecule has 0 saturated carbocycles. The molecular formula is C17H27BrN2O2. The van der Waals surface area contributed by atoms with Crippen molar-refractivity contribution in [1.82, 2.24) is 10.2 Å². The SMILES string of the molecule is COc1c(CCN2CCNCC2)cc(C(C)C)c(OC)c1Br. The molecule has 5 heteroatoms. The number of hydrogen-bond acceptors (Lipinski definition) is 4. The largest absolute Gasteiger partial charge is 0.495 e. The van der Waals surface area contributed by atoms with E-state index >= 15 is 0 Å². The van der Waals surface area contributed by atoms with Gasteiger partial charge in [-0.1, -0.05) is 13.8 Å². The summed E-state index contributed by atoms with van der Waals surface area (Å²) in [4.78, 5) is 2.50. The van der Waals surface area contributed by atoms with Crippen LogP contribution in [-0.4, -0.2) is 51.8 Å². The molecule has 0 aliphatic carbocycles. The Balaban J connectivity index is 2.24. The van der Waals surface area contributed by atoms with Crippen LogP contribution in [0.5, 0.6) is 11.5 Å². The number of nitrogens with one attached hydrogen (secondary N) is 1. The summed E-state index contributed by atoms with van der Waals surface area (Å²) in [5.74, 6) is 2.20. The summed E-state index contributed by atoms with van der Waals surface area (Å²) in [6, 6.07) is 2.25. The Hall–Kier alpha value is -0.780. The van der Waals surface area contributed by atoms with Crippen molar-refractivity contribution in [2.24, 2.45) is 0 Å². The standard InChI is InChI=1S/C17H27BrN2O2/c1-12(2)14-11-13(5-8-20-9-6-19-7-10-20)16(21-3)15(18)17(14)22-4/h11-12,19H,5-10H2,1-4H3. The molecule has 1 aromatic rings. The third-order valence-corrected chi connectivity index (χ3v) is 4.94. The molecule has 0 amide bonds. The second-order valence-corrected chi connectivity index (χ2v) is 6.79. The highest BCUT2D eigenvalue weighted by atomic mass is 79.9. The van der Waals surface area contributed by atoms with E-state index in [4.69, 9.17) is 9.47 Å². The van der Waals surface area contributed by atoms with Gasteiger partial charge < -0.3 is 19.7 Å². The lowest BCUT2D eigenvalue weighted by molar-refractivity contribution is 0.243. The van der Waals surface area contributed by atoms with Crippen LogP contribution in [0.1, 0.15) is 30.9 Å². The van der Waals surface area contributed by atoms with Gasteiger partial charge in [0.15, 0.2) is 0 Å². The van der Waals surface area contributed by atoms with Gasteiger partial charge in [0, 0.05) is 32.7 Å². The van der Waals surface area contributed by atoms with E-state index in [0.29, 0.717) is 5.92 Å². The van der Waals surface area contributed by atoms with E-state index < -0.39 is 0 Å². The highest BCUT2D eigenvalue weighted by molar-refractivity contribution is 9.10. The van der Waals surface area contributed by atoms with Crippen molar-refractivity contribution in [2.75, 3.05) is 46.9 Å². The summed E-state index contributed by atoms with van der Waals surface area (Å²) in [6.07, 6.45) is 0.992. The van der Waals surface area contributed by atoms with Gasteiger partial charge in [0.2, 0.25) is 0 Å². The average Bonchev–Trinajstić information content (AvgIpc) is 2.53. The van der Waals surface area contributed by atoms with Crippen molar-refractivity contribution in [3.8, 4) is 11.5 Å². The highest BCUT2D eigenvalue weighted by Gasteiger charge is 2.20. The molecule has 2 rings (SSSR count). The average molecular weight is 371 g/mol. The minimum atomic E-state index is 0.412. The van der Waals surface area contributed by atoms with Crippen LogP contribution in [0.4, 0.5) is 0 Å². The summed E-state index contributed by atoms with van der Waals surface area (Å²) in [7, 11) is 3.44. The Kier molecular flexibility index (Phi) is 6.53. The minimum Gasteiger partial charge on any atom is -0.495 e. The zero-order chi connectivity index (χ0) is 16.1. The van der Waals surface area contributed by atoms with Crippen LogP contribution in [0, 0.1) is 0 Å². The molecule has 0 atom stereocenters. The first kappa shape index (κ1) is 17.6. The topological polar surface area (TPSA) is 33.7 Å². The molecule has 1 aliphatic rings. The first-order valence-corrected chi connectivity index (χ1v) is 8.74. The van der Waals surface area contributed by atoms with Crippen molar-refractivity contribution < 1.29 is 9.47 Å². The molecule has 124 valence electrons. The lowest BCUT2D eigenvalue weighted by atomic mass is 9.97. The third-order valence-electron chi connectivity index (χ3n) is 4.22. The van der Waals surface area contributed by atoms with Crippen LogP contribution >= 0.6 is 15.9 Å². The van der Waals surface area contributed by atoms with Crippen molar-refractivity contribution in [3.05, 3.63) is 21.7 Å². The summed E-state index contributed by atoms with van der Waals surface area (Å²) >= 11 is 3.66. The van der Waals surface area contributed by atoms with E-state index in [1.165, 1.54) is 11.1 Å². The van der Waals surface area contributed by atoms with Crippen molar-refractivity contribution in [1.29, 1.82) is 0 Å². The smallest absolute Gasteiger partial charge is 0.140 e. The van der Waals surface area contributed by atoms with Crippen LogP contribution in [0.15, 0.2) is 10.5 Å². The number of ether oxygens (including phenoxy) is 2. The van der Waals surface area contributed by atoms with Crippen LogP contribution < -0.4 is 14.8 Å². The molecule has 0 spiro atoms. The molecule has 1 saturated heterocycles. The Morgan fingerprint density at radius 2 is 1.82 bits per heavy atom. The third kappa shape index (κ3) is 3.94. The van der Waals surface area contributed by atoms with Crippen molar-refractivity contribution in [3.63, 3.8) is 0 Å². The second kappa shape index (κ2) is 8.18. The molecule has 0 unspecified atom stereocenters. The maximum absolute atomic E-state index is 5.64. The quantitative estimate of drug-likeness (QED) is 0.834. The van der Waals surface area contributed by atoms with Gasteiger partial charge in [0.1, 0.15) is 16.0 Å². The Labute approximate surface area is 142 Å². The van der Waals surface area contributed by atoms with Gasteiger partial charge in [-0.05, 0) is 45.5 Å². The summed E-state index contributed by atoms with van der Waals surface area (Å²) < 4.78 is 12.1. The van der Waals surface area contributed by atoms with Crippen LogP contribution in [0.3, 0.4) is 0 Å². The van der Waals surface area contributed by atoms with Gasteiger partial charge >= 0.3 is 0 Å². The molecular weight excluding hydrogens is 344 g/mol. The summed E-state index contributed by atoms with van der Waals surface area (Å²) in [6.45, 7) is 9.86.